The van der Waals surface area contributed by atoms with E-state index in [2.05, 4.69) is 177 Å². The highest BCUT2D eigenvalue weighted by molar-refractivity contribution is 5.83. The van der Waals surface area contributed by atoms with E-state index >= 15 is 0 Å². The summed E-state index contributed by atoms with van der Waals surface area (Å²) in [4.78, 5) is 16.6. The zero-order valence-corrected chi connectivity index (χ0v) is 36.8. The van der Waals surface area contributed by atoms with E-state index in [1.165, 1.54) is 63.5 Å². The number of aromatic amines is 3. The molecule has 0 radical (unpaired) electrons. The van der Waals surface area contributed by atoms with Gasteiger partial charge in [-0.3, -0.25) is 4.98 Å². The van der Waals surface area contributed by atoms with Crippen molar-refractivity contribution in [2.75, 3.05) is 0 Å². The first-order valence-corrected chi connectivity index (χ1v) is 22.1. The van der Waals surface area contributed by atoms with E-state index in [4.69, 9.17) is 0 Å². The number of fused-ring (bicyclic) bond motifs is 5. The number of nitrogens with one attached hydrogen (secondary N) is 3. The number of para-hydroxylation sites is 2. The average Bonchev–Trinajstić information content (AvgIpc) is 4.26. The Morgan fingerprint density at radius 1 is 0.308 bits per heavy atom. The number of imidazole rings is 1. The monoisotopic (exact) mass is 847 g/mol. The van der Waals surface area contributed by atoms with Crippen molar-refractivity contribution >= 4 is 43.4 Å². The third-order valence-corrected chi connectivity index (χ3v) is 10.1. The molecule has 12 aromatic rings. The second-order valence-electron chi connectivity index (χ2n) is 14.7. The van der Waals surface area contributed by atoms with Crippen LogP contribution in [0, 0.1) is 0 Å². The first-order chi connectivity index (χ1) is 32.3. The second-order valence-corrected chi connectivity index (χ2v) is 14.7. The number of pyridine rings is 1. The van der Waals surface area contributed by atoms with E-state index in [-0.39, 0.29) is 0 Å². The lowest BCUT2D eigenvalue weighted by Crippen LogP contribution is -2.00. The molecule has 4 aromatic heterocycles. The summed E-state index contributed by atoms with van der Waals surface area (Å²) in [6, 6.07) is 80.5. The van der Waals surface area contributed by atoms with Gasteiger partial charge in [-0.2, -0.15) is 0 Å². The predicted molar refractivity (Wildman–Crippen MR) is 277 cm³/mol. The molecule has 0 aliphatic heterocycles. The molecule has 0 saturated heterocycles. The second kappa shape index (κ2) is 28.3. The van der Waals surface area contributed by atoms with Gasteiger partial charge in [0.2, 0.25) is 0 Å². The topological polar surface area (TPSA) is 73.2 Å². The number of benzene rings is 8. The lowest BCUT2D eigenvalue weighted by atomic mass is 9.92. The number of aromatic nitrogens is 5. The van der Waals surface area contributed by atoms with Crippen molar-refractivity contribution < 1.29 is 0 Å². The average molecular weight is 848 g/mol. The molecule has 5 nitrogen and oxygen atoms in total. The van der Waals surface area contributed by atoms with Crippen molar-refractivity contribution in [3.05, 3.63) is 291 Å². The molecule has 8 aromatic carbocycles. The third kappa shape index (κ3) is 17.2. The maximum atomic E-state index is 4.18. The summed E-state index contributed by atoms with van der Waals surface area (Å²) < 4.78 is 0. The molecule has 0 bridgehead atoms. The fourth-order valence-corrected chi connectivity index (χ4v) is 6.83. The van der Waals surface area contributed by atoms with E-state index in [9.17, 15) is 0 Å². The Balaban J connectivity index is 0.000000125. The Kier molecular flexibility index (Phi) is 20.2. The Bertz CT molecular complexity index is 2500. The Hall–Kier alpha value is -8.28. The molecule has 0 spiro atoms. The molecule has 3 N–H and O–H groups in total. The molecule has 13 rings (SSSR count). The van der Waals surface area contributed by atoms with E-state index in [1.807, 2.05) is 110 Å². The van der Waals surface area contributed by atoms with Gasteiger partial charge in [0.05, 0.1) is 11.8 Å². The van der Waals surface area contributed by atoms with Crippen molar-refractivity contribution in [3.8, 4) is 0 Å². The van der Waals surface area contributed by atoms with Gasteiger partial charge in [0.15, 0.2) is 0 Å². The summed E-state index contributed by atoms with van der Waals surface area (Å²) in [6.45, 7) is 0. The van der Waals surface area contributed by atoms with Crippen molar-refractivity contribution in [2.24, 2.45) is 0 Å². The number of hydrogen-bond acceptors (Lipinski definition) is 2. The van der Waals surface area contributed by atoms with E-state index < -0.39 is 0 Å². The fraction of sp³-hybridized carbons (Fsp3) is 0.0667. The van der Waals surface area contributed by atoms with Crippen LogP contribution in [0.15, 0.2) is 280 Å². The standard InChI is InChI=1S/C10H12.2C10H8.C9H7N.C8H7N.C6H6.C4H5N.C3H4N2/c3*1-2-6-10-8-4-3-7-9(10)5-1;1-2-6-9-8(4-1)5-3-7-10-9;1-2-4-8-7(3-1)5-6-9-8;1-2-4-6-5-3-1;1-2-4-5-3-1;1-2-5-3-4-1/h1-2,5-6H,3-4,7-8H2;2*1-8H;1-7H;1-6,9H;1-6H;1-5H;1-3H,(H,4,5). The molecule has 0 atom stereocenters. The number of rotatable bonds is 0. The van der Waals surface area contributed by atoms with Crippen LogP contribution < -0.4 is 0 Å². The van der Waals surface area contributed by atoms with Gasteiger partial charge < -0.3 is 15.0 Å². The minimum absolute atomic E-state index is 1.06. The Morgan fingerprint density at radius 2 is 0.738 bits per heavy atom. The number of aryl methyl sites for hydroxylation is 2. The Labute approximate surface area is 383 Å². The number of nitrogens with zero attached hydrogens (tertiary/aromatic N) is 2. The molecule has 1 aliphatic carbocycles. The van der Waals surface area contributed by atoms with Crippen molar-refractivity contribution in [1.82, 2.24) is 24.9 Å². The predicted octanol–water partition coefficient (Wildman–Crippen LogP) is 15.8. The van der Waals surface area contributed by atoms with Crippen LogP contribution in [-0.2, 0) is 12.8 Å². The van der Waals surface area contributed by atoms with Crippen LogP contribution in [0.1, 0.15) is 24.0 Å². The third-order valence-electron chi connectivity index (χ3n) is 10.1. The van der Waals surface area contributed by atoms with Gasteiger partial charge in [-0.15, -0.1) is 0 Å². The zero-order valence-electron chi connectivity index (χ0n) is 36.8. The molecular formula is C60H57N5. The van der Waals surface area contributed by atoms with E-state index in [0.29, 0.717) is 0 Å². The van der Waals surface area contributed by atoms with Gasteiger partial charge in [-0.25, -0.2) is 4.98 Å². The quantitative estimate of drug-likeness (QED) is 0.142. The fourth-order valence-electron chi connectivity index (χ4n) is 6.83. The molecule has 322 valence electrons. The van der Waals surface area contributed by atoms with Gasteiger partial charge in [0.1, 0.15) is 0 Å². The first-order valence-electron chi connectivity index (χ1n) is 22.1. The smallest absolute Gasteiger partial charge is 0.0919 e. The molecular weight excluding hydrogens is 791 g/mol. The van der Waals surface area contributed by atoms with Crippen LogP contribution in [0.25, 0.3) is 43.4 Å². The molecule has 0 saturated carbocycles. The molecule has 1 aliphatic rings. The summed E-state index contributed by atoms with van der Waals surface area (Å²) in [5, 5.41) is 7.72. The first kappa shape index (κ1) is 46.2. The minimum atomic E-state index is 1.06. The van der Waals surface area contributed by atoms with Gasteiger partial charge in [-0.1, -0.05) is 200 Å². The molecule has 65 heavy (non-hydrogen) atoms. The molecule has 0 amide bonds. The number of H-pyrrole nitrogens is 3. The van der Waals surface area contributed by atoms with E-state index in [1.54, 1.807) is 29.8 Å². The molecule has 4 heterocycles. The normalized spacial score (nSPS) is 10.5. The van der Waals surface area contributed by atoms with E-state index in [0.717, 1.165) is 5.52 Å². The number of hydrogen-bond donors (Lipinski definition) is 3. The summed E-state index contributed by atoms with van der Waals surface area (Å²) in [5.41, 5.74) is 5.42. The summed E-state index contributed by atoms with van der Waals surface area (Å²) in [5.74, 6) is 0. The zero-order chi connectivity index (χ0) is 44.7. The lowest BCUT2D eigenvalue weighted by molar-refractivity contribution is 0.685. The lowest BCUT2D eigenvalue weighted by Gasteiger charge is -2.13. The van der Waals surface area contributed by atoms with Crippen LogP contribution >= 0.6 is 0 Å². The Morgan fingerprint density at radius 3 is 1.14 bits per heavy atom. The molecule has 0 fully saturated rings. The van der Waals surface area contributed by atoms with Crippen molar-refractivity contribution in [3.63, 3.8) is 0 Å². The summed E-state index contributed by atoms with van der Waals surface area (Å²) in [7, 11) is 0. The minimum Gasteiger partial charge on any atom is -0.368 e. The van der Waals surface area contributed by atoms with Crippen LogP contribution in [0.4, 0.5) is 0 Å². The SMILES string of the molecule is c1c[nH]cn1.c1cc[nH]c1.c1ccc2[nH]ccc2c1.c1ccc2c(c1)CCCC2.c1ccc2ccccc2c1.c1ccc2ccccc2c1.c1ccc2ncccc2c1.c1ccccc1. The van der Waals surface area contributed by atoms with Gasteiger partial charge in [0.25, 0.3) is 0 Å². The summed E-state index contributed by atoms with van der Waals surface area (Å²) >= 11 is 0. The van der Waals surface area contributed by atoms with Crippen LogP contribution in [0.3, 0.4) is 0 Å². The highest BCUT2D eigenvalue weighted by atomic mass is 14.8. The van der Waals surface area contributed by atoms with Crippen molar-refractivity contribution in [2.45, 2.75) is 25.7 Å². The summed E-state index contributed by atoms with van der Waals surface area (Å²) in [6.07, 6.45) is 18.0. The largest absolute Gasteiger partial charge is 0.368 e. The highest BCUT2D eigenvalue weighted by Gasteiger charge is 2.06. The van der Waals surface area contributed by atoms with Crippen LogP contribution in [0.5, 0.6) is 0 Å². The van der Waals surface area contributed by atoms with Gasteiger partial charge >= 0.3 is 0 Å². The molecule has 5 heteroatoms. The maximum Gasteiger partial charge on any atom is 0.0919 e. The highest BCUT2D eigenvalue weighted by Crippen LogP contribution is 2.20. The van der Waals surface area contributed by atoms with Crippen LogP contribution in [0.2, 0.25) is 0 Å². The van der Waals surface area contributed by atoms with Gasteiger partial charge in [-0.05, 0) is 100 Å². The van der Waals surface area contributed by atoms with Gasteiger partial charge in [0, 0.05) is 48.1 Å². The van der Waals surface area contributed by atoms with Crippen molar-refractivity contribution in [1.29, 1.82) is 0 Å². The van der Waals surface area contributed by atoms with Crippen LogP contribution in [-0.4, -0.2) is 24.9 Å². The maximum absolute atomic E-state index is 4.18. The molecule has 0 unspecified atom stereocenters.